The Kier molecular flexibility index (Phi) is 2.94. The molecule has 0 saturated heterocycles. The van der Waals surface area contributed by atoms with Crippen molar-refractivity contribution in [3.8, 4) is 11.1 Å². The first-order valence-corrected chi connectivity index (χ1v) is 4.94. The average Bonchev–Trinajstić information content (AvgIpc) is 2.31. The summed E-state index contributed by atoms with van der Waals surface area (Å²) in [6.45, 7) is 0. The maximum Gasteiger partial charge on any atom is 0.417 e. The van der Waals surface area contributed by atoms with Gasteiger partial charge in [0.1, 0.15) is 5.82 Å². The maximum atomic E-state index is 13.0. The predicted octanol–water partition coefficient (Wildman–Crippen LogP) is 3.20. The van der Waals surface area contributed by atoms with Crippen LogP contribution in [0.1, 0.15) is 5.56 Å². The van der Waals surface area contributed by atoms with Gasteiger partial charge in [0, 0.05) is 6.20 Å². The Bertz CT molecular complexity index is 630. The van der Waals surface area contributed by atoms with Crippen LogP contribution in [0.2, 0.25) is 0 Å². The van der Waals surface area contributed by atoms with Gasteiger partial charge in [-0.1, -0.05) is 18.2 Å². The van der Waals surface area contributed by atoms with Crippen molar-refractivity contribution in [2.45, 2.75) is 6.18 Å². The highest BCUT2D eigenvalue weighted by molar-refractivity contribution is 5.67. The Morgan fingerprint density at radius 2 is 1.72 bits per heavy atom. The molecule has 0 radical (unpaired) electrons. The SMILES string of the molecule is O=c1[nH]cc(F)cc1-c1ccccc1C(F)(F)F. The molecule has 1 heterocycles. The van der Waals surface area contributed by atoms with Crippen molar-refractivity contribution in [2.24, 2.45) is 0 Å². The third-order valence-electron chi connectivity index (χ3n) is 2.39. The Morgan fingerprint density at radius 1 is 1.06 bits per heavy atom. The van der Waals surface area contributed by atoms with E-state index in [0.717, 1.165) is 24.4 Å². The van der Waals surface area contributed by atoms with Gasteiger partial charge in [-0.3, -0.25) is 4.79 Å². The number of hydrogen-bond donors (Lipinski definition) is 1. The molecule has 0 aliphatic heterocycles. The second kappa shape index (κ2) is 4.29. The Balaban J connectivity index is 2.72. The van der Waals surface area contributed by atoms with Crippen LogP contribution in [-0.2, 0) is 6.18 Å². The van der Waals surface area contributed by atoms with Crippen LogP contribution in [0, 0.1) is 5.82 Å². The van der Waals surface area contributed by atoms with Crippen molar-refractivity contribution in [1.82, 2.24) is 4.98 Å². The average molecular weight is 257 g/mol. The van der Waals surface area contributed by atoms with Gasteiger partial charge >= 0.3 is 6.18 Å². The van der Waals surface area contributed by atoms with Gasteiger partial charge in [0.15, 0.2) is 0 Å². The minimum absolute atomic E-state index is 0.342. The third kappa shape index (κ3) is 2.27. The van der Waals surface area contributed by atoms with Crippen LogP contribution in [0.4, 0.5) is 17.6 Å². The van der Waals surface area contributed by atoms with E-state index in [9.17, 15) is 22.4 Å². The van der Waals surface area contributed by atoms with E-state index in [-0.39, 0.29) is 11.1 Å². The van der Waals surface area contributed by atoms with Gasteiger partial charge < -0.3 is 4.98 Å². The topological polar surface area (TPSA) is 32.9 Å². The van der Waals surface area contributed by atoms with E-state index in [1.165, 1.54) is 12.1 Å². The van der Waals surface area contributed by atoms with Crippen LogP contribution >= 0.6 is 0 Å². The highest BCUT2D eigenvalue weighted by Gasteiger charge is 2.33. The number of benzene rings is 1. The van der Waals surface area contributed by atoms with Crippen LogP contribution < -0.4 is 5.56 Å². The lowest BCUT2D eigenvalue weighted by atomic mass is 10.0. The summed E-state index contributed by atoms with van der Waals surface area (Å²) in [5.41, 5.74) is -2.43. The fraction of sp³-hybridized carbons (Fsp3) is 0.0833. The van der Waals surface area contributed by atoms with Gasteiger partial charge in [0.05, 0.1) is 11.1 Å². The normalized spacial score (nSPS) is 11.6. The van der Waals surface area contributed by atoms with Gasteiger partial charge in [-0.25, -0.2) is 4.39 Å². The number of halogens is 4. The molecule has 0 bridgehead atoms. The molecule has 0 saturated carbocycles. The largest absolute Gasteiger partial charge is 0.417 e. The van der Waals surface area contributed by atoms with Crippen molar-refractivity contribution in [3.63, 3.8) is 0 Å². The number of aromatic amines is 1. The van der Waals surface area contributed by atoms with Crippen molar-refractivity contribution in [1.29, 1.82) is 0 Å². The van der Waals surface area contributed by atoms with E-state index < -0.39 is 23.1 Å². The van der Waals surface area contributed by atoms with Crippen LogP contribution in [0.3, 0.4) is 0 Å². The number of nitrogens with one attached hydrogen (secondary N) is 1. The number of alkyl halides is 3. The summed E-state index contributed by atoms with van der Waals surface area (Å²) in [6, 6.07) is 5.32. The molecule has 0 aliphatic carbocycles. The summed E-state index contributed by atoms with van der Waals surface area (Å²) in [6.07, 6.45) is -3.81. The lowest BCUT2D eigenvalue weighted by Gasteiger charge is -2.11. The molecule has 1 aromatic heterocycles. The van der Waals surface area contributed by atoms with Crippen molar-refractivity contribution < 1.29 is 17.6 Å². The smallest absolute Gasteiger partial charge is 0.326 e. The van der Waals surface area contributed by atoms with E-state index in [1.54, 1.807) is 0 Å². The third-order valence-corrected chi connectivity index (χ3v) is 2.39. The highest BCUT2D eigenvalue weighted by atomic mass is 19.4. The van der Waals surface area contributed by atoms with Crippen molar-refractivity contribution >= 4 is 0 Å². The zero-order valence-corrected chi connectivity index (χ0v) is 8.88. The van der Waals surface area contributed by atoms with Gasteiger partial charge in [-0.2, -0.15) is 13.2 Å². The van der Waals surface area contributed by atoms with E-state index >= 15 is 0 Å². The Labute approximate surface area is 98.9 Å². The van der Waals surface area contributed by atoms with Crippen LogP contribution in [0.15, 0.2) is 41.3 Å². The Hall–Kier alpha value is -2.11. The van der Waals surface area contributed by atoms with Gasteiger partial charge in [0.2, 0.25) is 0 Å². The molecule has 18 heavy (non-hydrogen) atoms. The zero-order chi connectivity index (χ0) is 13.3. The number of hydrogen-bond acceptors (Lipinski definition) is 1. The van der Waals surface area contributed by atoms with Crippen molar-refractivity contribution in [2.75, 3.05) is 0 Å². The molecule has 2 nitrogen and oxygen atoms in total. The molecule has 0 amide bonds. The fourth-order valence-electron chi connectivity index (χ4n) is 1.62. The van der Waals surface area contributed by atoms with Crippen molar-refractivity contribution in [3.05, 3.63) is 58.3 Å². The molecular weight excluding hydrogens is 250 g/mol. The molecular formula is C12H7F4NO. The molecule has 6 heteroatoms. The first-order chi connectivity index (χ1) is 8.39. The van der Waals surface area contributed by atoms with E-state index in [2.05, 4.69) is 0 Å². The number of H-pyrrole nitrogens is 1. The molecule has 94 valence electrons. The lowest BCUT2D eigenvalue weighted by Crippen LogP contribution is -2.13. The monoisotopic (exact) mass is 257 g/mol. The van der Waals surface area contributed by atoms with E-state index in [4.69, 9.17) is 0 Å². The summed E-state index contributed by atoms with van der Waals surface area (Å²) < 4.78 is 51.3. The summed E-state index contributed by atoms with van der Waals surface area (Å²) in [5.74, 6) is -0.804. The fourth-order valence-corrected chi connectivity index (χ4v) is 1.62. The van der Waals surface area contributed by atoms with Crippen LogP contribution in [0.5, 0.6) is 0 Å². The minimum Gasteiger partial charge on any atom is -0.326 e. The molecule has 0 fully saturated rings. The van der Waals surface area contributed by atoms with Gasteiger partial charge in [-0.15, -0.1) is 0 Å². The van der Waals surface area contributed by atoms with Crippen LogP contribution in [0.25, 0.3) is 11.1 Å². The Morgan fingerprint density at radius 3 is 2.39 bits per heavy atom. The standard InChI is InChI=1S/C12H7F4NO/c13-7-5-9(11(18)17-6-7)8-3-1-2-4-10(8)12(14,15)16/h1-6H,(H,17,18). The van der Waals surface area contributed by atoms with Gasteiger partial charge in [-0.05, 0) is 17.7 Å². The maximum absolute atomic E-state index is 13.0. The first-order valence-electron chi connectivity index (χ1n) is 4.94. The summed E-state index contributed by atoms with van der Waals surface area (Å²) in [4.78, 5) is 13.5. The number of pyridine rings is 1. The minimum atomic E-state index is -4.60. The highest BCUT2D eigenvalue weighted by Crippen LogP contribution is 2.35. The molecule has 1 N–H and O–H groups in total. The van der Waals surface area contributed by atoms with Crippen LogP contribution in [-0.4, -0.2) is 4.98 Å². The summed E-state index contributed by atoms with van der Waals surface area (Å²) in [7, 11) is 0. The van der Waals surface area contributed by atoms with E-state index in [0.29, 0.717) is 0 Å². The summed E-state index contributed by atoms with van der Waals surface area (Å²) >= 11 is 0. The summed E-state index contributed by atoms with van der Waals surface area (Å²) in [5, 5.41) is 0. The van der Waals surface area contributed by atoms with Gasteiger partial charge in [0.25, 0.3) is 5.56 Å². The molecule has 0 atom stereocenters. The molecule has 0 unspecified atom stereocenters. The molecule has 2 rings (SSSR count). The molecule has 2 aromatic rings. The molecule has 0 spiro atoms. The second-order valence-corrected chi connectivity index (χ2v) is 3.60. The second-order valence-electron chi connectivity index (χ2n) is 3.60. The number of rotatable bonds is 1. The predicted molar refractivity (Wildman–Crippen MR) is 57.5 cm³/mol. The first kappa shape index (κ1) is 12.3. The van der Waals surface area contributed by atoms with E-state index in [1.807, 2.05) is 4.98 Å². The lowest BCUT2D eigenvalue weighted by molar-refractivity contribution is -0.137. The quantitative estimate of drug-likeness (QED) is 0.782. The molecule has 0 aliphatic rings. The zero-order valence-electron chi connectivity index (χ0n) is 8.88. The molecule has 1 aromatic carbocycles. The number of aromatic nitrogens is 1.